The molecule has 1 aromatic heterocycles. The van der Waals surface area contributed by atoms with Crippen molar-refractivity contribution in [2.45, 2.75) is 25.9 Å². The maximum Gasteiger partial charge on any atom is 0.261 e. The van der Waals surface area contributed by atoms with Gasteiger partial charge < -0.3 is 10.4 Å². The van der Waals surface area contributed by atoms with Crippen molar-refractivity contribution in [1.82, 2.24) is 5.32 Å². The molecular formula is C15H16FNO2S. The van der Waals surface area contributed by atoms with Gasteiger partial charge in [0.05, 0.1) is 11.0 Å². The second-order valence-corrected chi connectivity index (χ2v) is 6.42. The molecule has 2 N–H and O–H groups in total. The lowest BCUT2D eigenvalue weighted by molar-refractivity contribution is 0.0420. The molecule has 0 bridgehead atoms. The fraction of sp³-hybridized carbons (Fsp3) is 0.400. The first kappa shape index (κ1) is 13.5. The predicted octanol–water partition coefficient (Wildman–Crippen LogP) is 2.85. The van der Waals surface area contributed by atoms with Crippen LogP contribution < -0.4 is 5.32 Å². The third kappa shape index (κ3) is 2.31. The van der Waals surface area contributed by atoms with Gasteiger partial charge in [0.2, 0.25) is 0 Å². The van der Waals surface area contributed by atoms with Crippen molar-refractivity contribution < 1.29 is 14.3 Å². The predicted molar refractivity (Wildman–Crippen MR) is 77.6 cm³/mol. The Kier molecular flexibility index (Phi) is 3.48. The van der Waals surface area contributed by atoms with Gasteiger partial charge in [-0.05, 0) is 43.4 Å². The van der Waals surface area contributed by atoms with Crippen LogP contribution in [0, 0.1) is 18.7 Å². The van der Waals surface area contributed by atoms with Gasteiger partial charge >= 0.3 is 0 Å². The number of aliphatic hydroxyl groups excluding tert-OH is 1. The van der Waals surface area contributed by atoms with E-state index in [0.29, 0.717) is 28.3 Å². The standard InChI is InChI=1S/C15H16FNO2S/c1-8-13-11(16)3-2-4-12(13)20-14(8)15(19)17-7-9-5-10(18)6-9/h2-4,9-10,18H,5-7H2,1H3,(H,17,19). The van der Waals surface area contributed by atoms with Crippen LogP contribution in [0.1, 0.15) is 28.1 Å². The van der Waals surface area contributed by atoms with Crippen LogP contribution in [0.5, 0.6) is 0 Å². The van der Waals surface area contributed by atoms with E-state index in [2.05, 4.69) is 5.32 Å². The van der Waals surface area contributed by atoms with E-state index in [0.717, 1.165) is 17.5 Å². The van der Waals surface area contributed by atoms with Gasteiger partial charge in [-0.25, -0.2) is 4.39 Å². The number of aliphatic hydroxyl groups is 1. The molecule has 1 saturated carbocycles. The van der Waals surface area contributed by atoms with Crippen molar-refractivity contribution in [3.63, 3.8) is 0 Å². The summed E-state index contributed by atoms with van der Waals surface area (Å²) < 4.78 is 14.6. The van der Waals surface area contributed by atoms with Crippen LogP contribution >= 0.6 is 11.3 Å². The van der Waals surface area contributed by atoms with Crippen molar-refractivity contribution in [1.29, 1.82) is 0 Å². The van der Waals surface area contributed by atoms with E-state index in [1.54, 1.807) is 13.0 Å². The Bertz CT molecular complexity index is 661. The molecule has 0 aliphatic heterocycles. The first-order chi connectivity index (χ1) is 9.56. The van der Waals surface area contributed by atoms with Crippen LogP contribution in [0.15, 0.2) is 18.2 Å². The molecule has 0 atom stereocenters. The Morgan fingerprint density at radius 2 is 2.25 bits per heavy atom. The molecule has 0 saturated heterocycles. The summed E-state index contributed by atoms with van der Waals surface area (Å²) in [6, 6.07) is 4.90. The Balaban J connectivity index is 1.78. The van der Waals surface area contributed by atoms with Crippen molar-refractivity contribution in [3.8, 4) is 0 Å². The summed E-state index contributed by atoms with van der Waals surface area (Å²) in [7, 11) is 0. The highest BCUT2D eigenvalue weighted by atomic mass is 32.1. The second kappa shape index (κ2) is 5.14. The second-order valence-electron chi connectivity index (χ2n) is 5.37. The zero-order valence-corrected chi connectivity index (χ0v) is 12.0. The van der Waals surface area contributed by atoms with Gasteiger partial charge in [0, 0.05) is 16.6 Å². The summed E-state index contributed by atoms with van der Waals surface area (Å²) in [6.07, 6.45) is 1.29. The maximum atomic E-state index is 13.8. The molecule has 3 rings (SSSR count). The van der Waals surface area contributed by atoms with E-state index in [9.17, 15) is 14.3 Å². The number of carbonyl (C=O) groups is 1. The van der Waals surface area contributed by atoms with Crippen LogP contribution in [-0.2, 0) is 0 Å². The lowest BCUT2D eigenvalue weighted by atomic mass is 9.82. The number of hydrogen-bond donors (Lipinski definition) is 2. The third-order valence-corrected chi connectivity index (χ3v) is 5.13. The van der Waals surface area contributed by atoms with E-state index in [1.807, 2.05) is 6.07 Å². The molecule has 1 aromatic carbocycles. The molecular weight excluding hydrogens is 277 g/mol. The average molecular weight is 293 g/mol. The van der Waals surface area contributed by atoms with Gasteiger partial charge in [-0.15, -0.1) is 11.3 Å². The minimum absolute atomic E-state index is 0.149. The van der Waals surface area contributed by atoms with E-state index in [-0.39, 0.29) is 17.8 Å². The molecule has 1 fully saturated rings. The zero-order chi connectivity index (χ0) is 14.3. The summed E-state index contributed by atoms with van der Waals surface area (Å²) in [4.78, 5) is 12.8. The van der Waals surface area contributed by atoms with E-state index in [4.69, 9.17) is 0 Å². The molecule has 0 unspecified atom stereocenters. The van der Waals surface area contributed by atoms with Gasteiger partial charge in [0.15, 0.2) is 0 Å². The number of aryl methyl sites for hydroxylation is 1. The van der Waals surface area contributed by atoms with Gasteiger partial charge in [-0.2, -0.15) is 0 Å². The lowest BCUT2D eigenvalue weighted by Gasteiger charge is -2.31. The lowest BCUT2D eigenvalue weighted by Crippen LogP contribution is -2.38. The van der Waals surface area contributed by atoms with Crippen LogP contribution in [0.25, 0.3) is 10.1 Å². The number of nitrogens with one attached hydrogen (secondary N) is 1. The summed E-state index contributed by atoms with van der Waals surface area (Å²) in [5.41, 5.74) is 0.703. The molecule has 1 heterocycles. The molecule has 1 aliphatic carbocycles. The third-order valence-electron chi connectivity index (χ3n) is 3.87. The van der Waals surface area contributed by atoms with Crippen molar-refractivity contribution in [2.24, 2.45) is 5.92 Å². The zero-order valence-electron chi connectivity index (χ0n) is 11.1. The molecule has 1 amide bonds. The normalized spacial score (nSPS) is 21.8. The van der Waals surface area contributed by atoms with E-state index >= 15 is 0 Å². The number of thiophene rings is 1. The molecule has 20 heavy (non-hydrogen) atoms. The van der Waals surface area contributed by atoms with Crippen LogP contribution in [0.3, 0.4) is 0 Å². The van der Waals surface area contributed by atoms with Crippen LogP contribution in [0.4, 0.5) is 4.39 Å². The minimum atomic E-state index is -0.280. The van der Waals surface area contributed by atoms with Gasteiger partial charge in [0.1, 0.15) is 5.82 Å². The first-order valence-corrected chi connectivity index (χ1v) is 7.51. The van der Waals surface area contributed by atoms with E-state index in [1.165, 1.54) is 17.4 Å². The number of amides is 1. The SMILES string of the molecule is Cc1c(C(=O)NCC2CC(O)C2)sc2cccc(F)c12. The summed E-state index contributed by atoms with van der Waals surface area (Å²) in [5.74, 6) is -0.0673. The highest BCUT2D eigenvalue weighted by Crippen LogP contribution is 2.32. The topological polar surface area (TPSA) is 49.3 Å². The molecule has 0 spiro atoms. The number of carbonyl (C=O) groups excluding carboxylic acids is 1. The summed E-state index contributed by atoms with van der Waals surface area (Å²) in [6.45, 7) is 2.36. The van der Waals surface area contributed by atoms with Crippen molar-refractivity contribution >= 4 is 27.3 Å². The average Bonchev–Trinajstić information content (AvgIpc) is 2.72. The van der Waals surface area contributed by atoms with Crippen LogP contribution in [-0.4, -0.2) is 23.7 Å². The number of benzene rings is 1. The number of hydrogen-bond acceptors (Lipinski definition) is 3. The Morgan fingerprint density at radius 3 is 2.90 bits per heavy atom. The summed E-state index contributed by atoms with van der Waals surface area (Å²) >= 11 is 1.32. The largest absolute Gasteiger partial charge is 0.393 e. The number of fused-ring (bicyclic) bond motifs is 1. The number of rotatable bonds is 3. The van der Waals surface area contributed by atoms with Crippen molar-refractivity contribution in [3.05, 3.63) is 34.5 Å². The molecule has 106 valence electrons. The molecule has 5 heteroatoms. The smallest absolute Gasteiger partial charge is 0.261 e. The van der Waals surface area contributed by atoms with Crippen LogP contribution in [0.2, 0.25) is 0 Å². The molecule has 3 nitrogen and oxygen atoms in total. The van der Waals surface area contributed by atoms with Gasteiger partial charge in [-0.1, -0.05) is 6.07 Å². The fourth-order valence-electron chi connectivity index (χ4n) is 2.65. The Labute approximate surface area is 120 Å². The van der Waals surface area contributed by atoms with Gasteiger partial charge in [-0.3, -0.25) is 4.79 Å². The Morgan fingerprint density at radius 1 is 1.50 bits per heavy atom. The monoisotopic (exact) mass is 293 g/mol. The number of halogens is 1. The Hall–Kier alpha value is -1.46. The highest BCUT2D eigenvalue weighted by molar-refractivity contribution is 7.21. The molecule has 0 radical (unpaired) electrons. The molecule has 1 aliphatic rings. The minimum Gasteiger partial charge on any atom is -0.393 e. The molecule has 2 aromatic rings. The van der Waals surface area contributed by atoms with Crippen molar-refractivity contribution in [2.75, 3.05) is 6.54 Å². The first-order valence-electron chi connectivity index (χ1n) is 6.70. The van der Waals surface area contributed by atoms with Gasteiger partial charge in [0.25, 0.3) is 5.91 Å². The highest BCUT2D eigenvalue weighted by Gasteiger charge is 2.27. The quantitative estimate of drug-likeness (QED) is 0.914. The summed E-state index contributed by atoms with van der Waals surface area (Å²) in [5, 5.41) is 12.6. The van der Waals surface area contributed by atoms with E-state index < -0.39 is 0 Å². The maximum absolute atomic E-state index is 13.8. The fourth-order valence-corrected chi connectivity index (χ4v) is 3.79.